The number of carbonyl (C=O) groups excluding carboxylic acids is 1. The maximum Gasteiger partial charge on any atom is 0.220 e. The summed E-state index contributed by atoms with van der Waals surface area (Å²) in [5, 5.41) is 7.56. The van der Waals surface area contributed by atoms with E-state index in [1.54, 1.807) is 0 Å². The minimum Gasteiger partial charge on any atom is -0.352 e. The van der Waals surface area contributed by atoms with E-state index in [1.165, 1.54) is 38.5 Å². The van der Waals surface area contributed by atoms with Crippen LogP contribution in [-0.4, -0.2) is 20.0 Å². The Hall–Kier alpha value is -1.62. The van der Waals surface area contributed by atoms with Crippen molar-refractivity contribution in [2.24, 2.45) is 17.3 Å². The lowest BCUT2D eigenvalue weighted by Gasteiger charge is -2.60. The molecule has 4 saturated carbocycles. The van der Waals surface area contributed by atoms with Crippen molar-refractivity contribution in [2.75, 3.05) is 0 Å². The van der Waals surface area contributed by atoms with E-state index >= 15 is 0 Å². The fourth-order valence-electron chi connectivity index (χ4n) is 6.32. The van der Waals surface area contributed by atoms with Gasteiger partial charge < -0.3 is 5.32 Å². The maximum atomic E-state index is 12.7. The van der Waals surface area contributed by atoms with Crippen molar-refractivity contribution in [2.45, 2.75) is 55.8 Å². The standard InChI is InChI=1S/C22H26BrN3O/c23-22-9-16-6-17(10-22)8-21(7-16,15-22)11-20(27)24-12-18-13-25-26(14-18)19-4-2-1-3-5-19/h1-5,13-14,16-17H,6-12,15H2,(H,24,27)/t16-,17-,21?,22?/m1/s1. The highest BCUT2D eigenvalue weighted by Crippen LogP contribution is 2.65. The fourth-order valence-corrected chi connectivity index (χ4v) is 7.83. The van der Waals surface area contributed by atoms with E-state index in [0.29, 0.717) is 17.3 Å². The Labute approximate surface area is 168 Å². The maximum absolute atomic E-state index is 12.7. The molecule has 6 rings (SSSR count). The van der Waals surface area contributed by atoms with Crippen molar-refractivity contribution in [3.05, 3.63) is 48.3 Å². The van der Waals surface area contributed by atoms with Crippen LogP contribution in [0.2, 0.25) is 0 Å². The van der Waals surface area contributed by atoms with Gasteiger partial charge in [0.15, 0.2) is 0 Å². The number of hydrogen-bond acceptors (Lipinski definition) is 2. The third-order valence-corrected chi connectivity index (χ3v) is 7.72. The molecule has 0 unspecified atom stereocenters. The monoisotopic (exact) mass is 427 g/mol. The van der Waals surface area contributed by atoms with Gasteiger partial charge in [-0.1, -0.05) is 34.1 Å². The van der Waals surface area contributed by atoms with Crippen molar-refractivity contribution in [1.82, 2.24) is 15.1 Å². The van der Waals surface area contributed by atoms with Gasteiger partial charge in [0.05, 0.1) is 11.9 Å². The summed E-state index contributed by atoms with van der Waals surface area (Å²) < 4.78 is 2.17. The lowest BCUT2D eigenvalue weighted by Crippen LogP contribution is -2.54. The second-order valence-corrected chi connectivity index (χ2v) is 10.9. The summed E-state index contributed by atoms with van der Waals surface area (Å²) in [6.45, 7) is 0.550. The quantitative estimate of drug-likeness (QED) is 0.707. The molecule has 0 aliphatic heterocycles. The Kier molecular flexibility index (Phi) is 4.19. The topological polar surface area (TPSA) is 46.9 Å². The van der Waals surface area contributed by atoms with Gasteiger partial charge in [-0.2, -0.15) is 5.10 Å². The number of aromatic nitrogens is 2. The van der Waals surface area contributed by atoms with Crippen LogP contribution < -0.4 is 5.32 Å². The van der Waals surface area contributed by atoms with Crippen LogP contribution in [0.3, 0.4) is 0 Å². The Morgan fingerprint density at radius 2 is 1.93 bits per heavy atom. The van der Waals surface area contributed by atoms with E-state index in [0.717, 1.165) is 23.1 Å². The molecule has 1 N–H and O–H groups in total. The van der Waals surface area contributed by atoms with Gasteiger partial charge in [-0.3, -0.25) is 4.79 Å². The zero-order chi connectivity index (χ0) is 18.5. The molecule has 1 aromatic carbocycles. The van der Waals surface area contributed by atoms with Crippen LogP contribution in [0, 0.1) is 17.3 Å². The van der Waals surface area contributed by atoms with Crippen LogP contribution in [-0.2, 0) is 11.3 Å². The van der Waals surface area contributed by atoms with Gasteiger partial charge in [0.25, 0.3) is 0 Å². The van der Waals surface area contributed by atoms with Gasteiger partial charge in [-0.05, 0) is 67.9 Å². The molecular formula is C22H26BrN3O. The van der Waals surface area contributed by atoms with E-state index in [4.69, 9.17) is 0 Å². The van der Waals surface area contributed by atoms with E-state index in [9.17, 15) is 4.79 Å². The zero-order valence-electron chi connectivity index (χ0n) is 15.5. The van der Waals surface area contributed by atoms with E-state index in [-0.39, 0.29) is 11.3 Å². The summed E-state index contributed by atoms with van der Waals surface area (Å²) in [6.07, 6.45) is 12.2. The molecule has 142 valence electrons. The Bertz CT molecular complexity index is 832. The van der Waals surface area contributed by atoms with Crippen LogP contribution in [0.4, 0.5) is 0 Å². The normalized spacial score (nSPS) is 34.0. The lowest BCUT2D eigenvalue weighted by molar-refractivity contribution is -0.128. The summed E-state index contributed by atoms with van der Waals surface area (Å²) in [6, 6.07) is 10.0. The van der Waals surface area contributed by atoms with Gasteiger partial charge in [0.1, 0.15) is 0 Å². The van der Waals surface area contributed by atoms with Crippen molar-refractivity contribution in [3.63, 3.8) is 0 Å². The molecule has 4 aliphatic carbocycles. The largest absolute Gasteiger partial charge is 0.352 e. The number of nitrogens with one attached hydrogen (secondary N) is 1. The van der Waals surface area contributed by atoms with Gasteiger partial charge in [0.2, 0.25) is 5.91 Å². The Morgan fingerprint density at radius 1 is 1.19 bits per heavy atom. The number of amides is 1. The predicted molar refractivity (Wildman–Crippen MR) is 109 cm³/mol. The Balaban J connectivity index is 1.20. The summed E-state index contributed by atoms with van der Waals surface area (Å²) >= 11 is 4.04. The van der Waals surface area contributed by atoms with Crippen LogP contribution >= 0.6 is 15.9 Å². The van der Waals surface area contributed by atoms with Gasteiger partial charge in [0, 0.05) is 29.1 Å². The molecule has 1 amide bonds. The molecule has 0 saturated heterocycles. The smallest absolute Gasteiger partial charge is 0.220 e. The van der Waals surface area contributed by atoms with E-state index < -0.39 is 0 Å². The molecule has 1 aromatic heterocycles. The molecule has 4 fully saturated rings. The van der Waals surface area contributed by atoms with Crippen molar-refractivity contribution in [3.8, 4) is 5.69 Å². The van der Waals surface area contributed by atoms with Gasteiger partial charge >= 0.3 is 0 Å². The first-order valence-electron chi connectivity index (χ1n) is 10.1. The average molecular weight is 428 g/mol. The van der Waals surface area contributed by atoms with Gasteiger partial charge in [-0.25, -0.2) is 4.68 Å². The van der Waals surface area contributed by atoms with Crippen LogP contribution in [0.1, 0.15) is 50.5 Å². The molecule has 27 heavy (non-hydrogen) atoms. The number of benzene rings is 1. The Morgan fingerprint density at radius 3 is 2.63 bits per heavy atom. The summed E-state index contributed by atoms with van der Waals surface area (Å²) in [4.78, 5) is 12.7. The average Bonchev–Trinajstić information content (AvgIpc) is 3.07. The minimum absolute atomic E-state index is 0.195. The first-order valence-corrected chi connectivity index (χ1v) is 10.8. The van der Waals surface area contributed by atoms with Crippen LogP contribution in [0.15, 0.2) is 42.7 Å². The molecule has 4 nitrogen and oxygen atoms in total. The van der Waals surface area contributed by atoms with Crippen molar-refractivity contribution in [1.29, 1.82) is 0 Å². The van der Waals surface area contributed by atoms with Crippen LogP contribution in [0.25, 0.3) is 5.69 Å². The number of para-hydroxylation sites is 1. The first-order chi connectivity index (χ1) is 13.0. The molecule has 1 heterocycles. The molecule has 4 aliphatic rings. The molecule has 2 aromatic rings. The number of hydrogen-bond donors (Lipinski definition) is 1. The SMILES string of the molecule is O=C(CC12C[C@H]3C[C@@H](CC(Br)(C3)C1)C2)NCc1cnn(-c2ccccc2)c1. The summed E-state index contributed by atoms with van der Waals surface area (Å²) in [7, 11) is 0. The third-order valence-electron chi connectivity index (χ3n) is 6.79. The molecule has 5 heteroatoms. The fraction of sp³-hybridized carbons (Fsp3) is 0.545. The molecule has 4 bridgehead atoms. The van der Waals surface area contributed by atoms with E-state index in [2.05, 4.69) is 26.3 Å². The summed E-state index contributed by atoms with van der Waals surface area (Å²) in [5.74, 6) is 1.84. The number of halogens is 1. The highest BCUT2D eigenvalue weighted by Gasteiger charge is 2.57. The number of rotatable bonds is 5. The lowest BCUT2D eigenvalue weighted by atomic mass is 9.48. The highest BCUT2D eigenvalue weighted by molar-refractivity contribution is 9.10. The summed E-state index contributed by atoms with van der Waals surface area (Å²) in [5.41, 5.74) is 2.30. The van der Waals surface area contributed by atoms with Crippen molar-refractivity contribution < 1.29 is 4.79 Å². The zero-order valence-corrected chi connectivity index (χ0v) is 17.1. The number of alkyl halides is 1. The first kappa shape index (κ1) is 17.5. The van der Waals surface area contributed by atoms with Crippen molar-refractivity contribution >= 4 is 21.8 Å². The molecule has 2 atom stereocenters. The number of carbonyl (C=O) groups is 1. The van der Waals surface area contributed by atoms with Gasteiger partial charge in [-0.15, -0.1) is 0 Å². The number of nitrogens with zero attached hydrogens (tertiary/aromatic N) is 2. The minimum atomic E-state index is 0.195. The highest BCUT2D eigenvalue weighted by atomic mass is 79.9. The van der Waals surface area contributed by atoms with Crippen LogP contribution in [0.5, 0.6) is 0 Å². The van der Waals surface area contributed by atoms with E-state index in [1.807, 2.05) is 47.4 Å². The molecule has 0 spiro atoms. The molecular weight excluding hydrogens is 402 g/mol. The molecule has 0 radical (unpaired) electrons. The third kappa shape index (κ3) is 3.46. The second-order valence-electron chi connectivity index (χ2n) is 9.19. The predicted octanol–water partition coefficient (Wildman–Crippen LogP) is 4.61. The second kappa shape index (κ2) is 6.47.